The summed E-state index contributed by atoms with van der Waals surface area (Å²) in [5.74, 6) is 0.417. The minimum absolute atomic E-state index is 0.284. The summed E-state index contributed by atoms with van der Waals surface area (Å²) in [4.78, 5) is 4.22. The molecule has 0 aliphatic carbocycles. The molecule has 2 aromatic rings. The Morgan fingerprint density at radius 2 is 1.94 bits per heavy atom. The molecular weight excluding hydrogens is 339 g/mol. The summed E-state index contributed by atoms with van der Waals surface area (Å²) in [5.41, 5.74) is 0.777. The van der Waals surface area contributed by atoms with Crippen molar-refractivity contribution in [3.05, 3.63) is 51.3 Å². The molecule has 2 rings (SSSR count). The third-order valence-electron chi connectivity index (χ3n) is 1.91. The van der Waals surface area contributed by atoms with Gasteiger partial charge in [0, 0.05) is 5.69 Å². The molecule has 0 atom stereocenters. The van der Waals surface area contributed by atoms with Gasteiger partial charge in [0.15, 0.2) is 0 Å². The highest BCUT2D eigenvalue weighted by molar-refractivity contribution is 9.10. The number of halogens is 3. The monoisotopic (exact) mass is 344 g/mol. The Bertz CT molecular complexity index is 517. The summed E-state index contributed by atoms with van der Waals surface area (Å²) >= 11 is 6.41. The minimum Gasteiger partial charge on any atom is -0.340 e. The maximum Gasteiger partial charge on any atom is 0.137 e. The molecule has 0 saturated heterocycles. The molecule has 0 saturated carbocycles. The van der Waals surface area contributed by atoms with Crippen LogP contribution in [-0.2, 0) is 0 Å². The number of rotatable bonds is 2. The van der Waals surface area contributed by atoms with Gasteiger partial charge in [-0.25, -0.2) is 9.37 Å². The van der Waals surface area contributed by atoms with Crippen LogP contribution in [0.1, 0.15) is 0 Å². The summed E-state index contributed by atoms with van der Waals surface area (Å²) in [6, 6.07) is 10.3. The zero-order valence-electron chi connectivity index (χ0n) is 8.05. The number of anilines is 2. The molecule has 0 radical (unpaired) electrons. The maximum absolute atomic E-state index is 13.0. The Morgan fingerprint density at radius 1 is 1.12 bits per heavy atom. The van der Waals surface area contributed by atoms with Crippen LogP contribution in [0.25, 0.3) is 0 Å². The van der Waals surface area contributed by atoms with Crippen LogP contribution >= 0.6 is 31.9 Å². The minimum atomic E-state index is -0.284. The van der Waals surface area contributed by atoms with E-state index in [-0.39, 0.29) is 5.82 Å². The molecule has 1 N–H and O–H groups in total. The smallest absolute Gasteiger partial charge is 0.137 e. The lowest BCUT2D eigenvalue weighted by Gasteiger charge is -2.06. The fourth-order valence-corrected chi connectivity index (χ4v) is 1.92. The Kier molecular flexibility index (Phi) is 3.56. The van der Waals surface area contributed by atoms with Gasteiger partial charge in [-0.1, -0.05) is 6.07 Å². The van der Waals surface area contributed by atoms with Crippen LogP contribution in [0.4, 0.5) is 15.9 Å². The van der Waals surface area contributed by atoms with Gasteiger partial charge in [-0.05, 0) is 62.2 Å². The lowest BCUT2D eigenvalue weighted by Crippen LogP contribution is -1.93. The van der Waals surface area contributed by atoms with Gasteiger partial charge in [-0.2, -0.15) is 0 Å². The van der Waals surface area contributed by atoms with Gasteiger partial charge in [-0.3, -0.25) is 0 Å². The molecule has 0 unspecified atom stereocenters. The van der Waals surface area contributed by atoms with E-state index < -0.39 is 0 Å². The Labute approximate surface area is 109 Å². The van der Waals surface area contributed by atoms with Crippen molar-refractivity contribution in [3.8, 4) is 0 Å². The number of hydrogen-bond acceptors (Lipinski definition) is 2. The zero-order valence-corrected chi connectivity index (χ0v) is 11.2. The predicted molar refractivity (Wildman–Crippen MR) is 69.3 cm³/mol. The highest BCUT2D eigenvalue weighted by atomic mass is 79.9. The zero-order chi connectivity index (χ0) is 11.5. The second-order valence-electron chi connectivity index (χ2n) is 3.10. The van der Waals surface area contributed by atoms with E-state index in [9.17, 15) is 4.39 Å². The number of benzene rings is 1. The molecule has 5 heteroatoms. The average Bonchev–Trinajstić information content (AvgIpc) is 2.24. The molecule has 16 heavy (non-hydrogen) atoms. The molecule has 0 amide bonds. The third-order valence-corrected chi connectivity index (χ3v) is 2.96. The fourth-order valence-electron chi connectivity index (χ4n) is 1.20. The van der Waals surface area contributed by atoms with E-state index in [2.05, 4.69) is 42.2 Å². The van der Waals surface area contributed by atoms with E-state index in [4.69, 9.17) is 0 Å². The van der Waals surface area contributed by atoms with Crippen molar-refractivity contribution in [2.24, 2.45) is 0 Å². The van der Waals surface area contributed by atoms with Crippen LogP contribution in [0.3, 0.4) is 0 Å². The molecule has 0 spiro atoms. The van der Waals surface area contributed by atoms with Crippen molar-refractivity contribution in [3.63, 3.8) is 0 Å². The van der Waals surface area contributed by atoms with Gasteiger partial charge < -0.3 is 5.32 Å². The highest BCUT2D eigenvalue weighted by Gasteiger charge is 2.01. The van der Waals surface area contributed by atoms with Crippen LogP contribution in [0.2, 0.25) is 0 Å². The van der Waals surface area contributed by atoms with Crippen molar-refractivity contribution in [2.75, 3.05) is 5.32 Å². The number of hydrogen-bond donors (Lipinski definition) is 1. The summed E-state index contributed by atoms with van der Waals surface area (Å²) < 4.78 is 14.2. The first-order chi connectivity index (χ1) is 7.65. The van der Waals surface area contributed by atoms with Gasteiger partial charge in [0.2, 0.25) is 0 Å². The summed E-state index contributed by atoms with van der Waals surface area (Å²) in [6.45, 7) is 0. The predicted octanol–water partition coefficient (Wildman–Crippen LogP) is 4.49. The summed E-state index contributed by atoms with van der Waals surface area (Å²) in [6.07, 6.45) is 0. The Morgan fingerprint density at radius 3 is 2.62 bits per heavy atom. The molecule has 0 bridgehead atoms. The van der Waals surface area contributed by atoms with Gasteiger partial charge in [0.05, 0.1) is 4.47 Å². The molecule has 0 fully saturated rings. The van der Waals surface area contributed by atoms with Crippen molar-refractivity contribution >= 4 is 43.4 Å². The first kappa shape index (κ1) is 11.5. The Hall–Kier alpha value is -0.940. The van der Waals surface area contributed by atoms with Crippen molar-refractivity contribution in [1.29, 1.82) is 0 Å². The summed E-state index contributed by atoms with van der Waals surface area (Å²) in [7, 11) is 0. The average molecular weight is 346 g/mol. The summed E-state index contributed by atoms with van der Waals surface area (Å²) in [5, 5.41) is 3.08. The number of nitrogens with one attached hydrogen (secondary N) is 1. The van der Waals surface area contributed by atoms with Gasteiger partial charge in [0.25, 0.3) is 0 Å². The topological polar surface area (TPSA) is 24.9 Å². The molecule has 1 aromatic carbocycles. The molecule has 82 valence electrons. The van der Waals surface area contributed by atoms with E-state index in [1.54, 1.807) is 12.1 Å². The van der Waals surface area contributed by atoms with Crippen LogP contribution in [0, 0.1) is 5.82 Å². The van der Waals surface area contributed by atoms with Crippen LogP contribution in [0.5, 0.6) is 0 Å². The van der Waals surface area contributed by atoms with Crippen molar-refractivity contribution < 1.29 is 4.39 Å². The Balaban J connectivity index is 2.24. The van der Waals surface area contributed by atoms with Crippen LogP contribution in [0.15, 0.2) is 45.5 Å². The van der Waals surface area contributed by atoms with E-state index in [1.165, 1.54) is 6.07 Å². The number of pyridine rings is 1. The number of aromatic nitrogens is 1. The maximum atomic E-state index is 13.0. The SMILES string of the molecule is Fc1ccc(Nc2cccc(Br)n2)cc1Br. The molecular formula is C11H7Br2FN2. The normalized spacial score (nSPS) is 10.2. The first-order valence-electron chi connectivity index (χ1n) is 4.50. The van der Waals surface area contributed by atoms with Gasteiger partial charge in [-0.15, -0.1) is 0 Å². The van der Waals surface area contributed by atoms with E-state index >= 15 is 0 Å². The number of nitrogens with zero attached hydrogens (tertiary/aromatic N) is 1. The van der Waals surface area contributed by atoms with Crippen LogP contribution in [-0.4, -0.2) is 4.98 Å². The lowest BCUT2D eigenvalue weighted by atomic mass is 10.3. The molecule has 0 aliphatic rings. The quantitative estimate of drug-likeness (QED) is 0.811. The third kappa shape index (κ3) is 2.80. The van der Waals surface area contributed by atoms with E-state index in [0.29, 0.717) is 10.3 Å². The van der Waals surface area contributed by atoms with E-state index in [0.717, 1.165) is 10.3 Å². The molecule has 1 aromatic heterocycles. The second-order valence-corrected chi connectivity index (χ2v) is 4.77. The first-order valence-corrected chi connectivity index (χ1v) is 6.08. The van der Waals surface area contributed by atoms with Crippen LogP contribution < -0.4 is 5.32 Å². The largest absolute Gasteiger partial charge is 0.340 e. The standard InChI is InChI=1S/C11H7Br2FN2/c12-8-6-7(4-5-9(8)14)15-11-3-1-2-10(13)16-11/h1-6H,(H,15,16). The highest BCUT2D eigenvalue weighted by Crippen LogP contribution is 2.22. The fraction of sp³-hybridized carbons (Fsp3) is 0. The lowest BCUT2D eigenvalue weighted by molar-refractivity contribution is 0.621. The second kappa shape index (κ2) is 4.93. The van der Waals surface area contributed by atoms with Gasteiger partial charge in [0.1, 0.15) is 16.2 Å². The van der Waals surface area contributed by atoms with E-state index in [1.807, 2.05) is 18.2 Å². The molecule has 0 aliphatic heterocycles. The van der Waals surface area contributed by atoms with Crippen molar-refractivity contribution in [2.45, 2.75) is 0 Å². The molecule has 1 heterocycles. The molecule has 2 nitrogen and oxygen atoms in total. The van der Waals surface area contributed by atoms with Gasteiger partial charge >= 0.3 is 0 Å². The van der Waals surface area contributed by atoms with Crippen molar-refractivity contribution in [1.82, 2.24) is 4.98 Å².